The van der Waals surface area contributed by atoms with Gasteiger partial charge >= 0.3 is 0 Å². The molecule has 2 nitrogen and oxygen atoms in total. The zero-order valence-corrected chi connectivity index (χ0v) is 11.7. The van der Waals surface area contributed by atoms with E-state index in [1.807, 2.05) is 0 Å². The number of benzene rings is 1. The highest BCUT2D eigenvalue weighted by Gasteiger charge is 2.41. The Labute approximate surface area is 116 Å². The van der Waals surface area contributed by atoms with Gasteiger partial charge in [-0.25, -0.2) is 0 Å². The van der Waals surface area contributed by atoms with Gasteiger partial charge in [-0.15, -0.1) is 0 Å². The maximum absolute atomic E-state index is 5.84. The average molecular weight is 256 g/mol. The van der Waals surface area contributed by atoms with Crippen LogP contribution in [0.4, 0.5) is 0 Å². The molecule has 2 aliphatic rings. The molecule has 0 heterocycles. The quantitative estimate of drug-likeness (QED) is 0.850. The van der Waals surface area contributed by atoms with Gasteiger partial charge in [-0.1, -0.05) is 48.9 Å². The van der Waals surface area contributed by atoms with Crippen molar-refractivity contribution in [3.63, 3.8) is 0 Å². The number of nitrogens with one attached hydrogen (secondary N) is 1. The molecule has 0 spiro atoms. The standard InChI is InChI=1S/C17H24N2/c1-2-13(8-12-6-4-3-5-7-12)16-11-17(16)19-15-9-14(18)10-15/h3-8,14-17,19H,2,9-11,18H2,1H3/b13-8+. The molecule has 0 amide bonds. The third kappa shape index (κ3) is 3.07. The molecule has 1 aromatic rings. The summed E-state index contributed by atoms with van der Waals surface area (Å²) in [5, 5.41) is 3.75. The normalized spacial score (nSPS) is 33.9. The van der Waals surface area contributed by atoms with E-state index in [4.69, 9.17) is 5.73 Å². The van der Waals surface area contributed by atoms with E-state index in [1.165, 1.54) is 12.0 Å². The molecule has 2 fully saturated rings. The Morgan fingerprint density at radius 1 is 1.26 bits per heavy atom. The van der Waals surface area contributed by atoms with Crippen LogP contribution in [-0.2, 0) is 0 Å². The molecule has 2 aliphatic carbocycles. The van der Waals surface area contributed by atoms with E-state index in [0.717, 1.165) is 25.2 Å². The van der Waals surface area contributed by atoms with E-state index in [0.29, 0.717) is 18.1 Å². The van der Waals surface area contributed by atoms with Gasteiger partial charge in [0, 0.05) is 18.1 Å². The summed E-state index contributed by atoms with van der Waals surface area (Å²) in [4.78, 5) is 0. The zero-order chi connectivity index (χ0) is 13.2. The molecule has 0 bridgehead atoms. The lowest BCUT2D eigenvalue weighted by Gasteiger charge is -2.33. The lowest BCUT2D eigenvalue weighted by molar-refractivity contribution is 0.287. The maximum Gasteiger partial charge on any atom is 0.0142 e. The number of hydrogen-bond donors (Lipinski definition) is 2. The van der Waals surface area contributed by atoms with Crippen molar-refractivity contribution in [2.75, 3.05) is 0 Å². The number of rotatable bonds is 5. The third-order valence-corrected chi connectivity index (χ3v) is 4.45. The molecular formula is C17H24N2. The van der Waals surface area contributed by atoms with Gasteiger partial charge in [0.2, 0.25) is 0 Å². The maximum atomic E-state index is 5.84. The zero-order valence-electron chi connectivity index (χ0n) is 11.7. The molecule has 3 rings (SSSR count). The van der Waals surface area contributed by atoms with Gasteiger partial charge in [-0.05, 0) is 37.2 Å². The van der Waals surface area contributed by atoms with E-state index in [9.17, 15) is 0 Å². The van der Waals surface area contributed by atoms with Crippen molar-refractivity contribution in [2.24, 2.45) is 11.7 Å². The highest BCUT2D eigenvalue weighted by molar-refractivity contribution is 5.54. The predicted molar refractivity (Wildman–Crippen MR) is 80.7 cm³/mol. The molecule has 0 saturated heterocycles. The Bertz CT molecular complexity index is 446. The Balaban J connectivity index is 1.57. The summed E-state index contributed by atoms with van der Waals surface area (Å²) in [6.45, 7) is 2.27. The van der Waals surface area contributed by atoms with Gasteiger partial charge in [-0.3, -0.25) is 0 Å². The highest BCUT2D eigenvalue weighted by atomic mass is 15.0. The second kappa shape index (κ2) is 5.48. The molecule has 2 saturated carbocycles. The van der Waals surface area contributed by atoms with Gasteiger partial charge in [0.05, 0.1) is 0 Å². The van der Waals surface area contributed by atoms with Crippen LogP contribution in [0.3, 0.4) is 0 Å². The lowest BCUT2D eigenvalue weighted by Crippen LogP contribution is -2.49. The Morgan fingerprint density at radius 2 is 2.00 bits per heavy atom. The van der Waals surface area contributed by atoms with E-state index in [-0.39, 0.29) is 0 Å². The van der Waals surface area contributed by atoms with Gasteiger partial charge in [-0.2, -0.15) is 0 Å². The second-order valence-corrected chi connectivity index (χ2v) is 6.03. The van der Waals surface area contributed by atoms with E-state index < -0.39 is 0 Å². The van der Waals surface area contributed by atoms with Crippen molar-refractivity contribution >= 4 is 6.08 Å². The van der Waals surface area contributed by atoms with Crippen molar-refractivity contribution in [1.82, 2.24) is 5.32 Å². The largest absolute Gasteiger partial charge is 0.328 e. The van der Waals surface area contributed by atoms with E-state index in [2.05, 4.69) is 48.6 Å². The fourth-order valence-corrected chi connectivity index (χ4v) is 3.12. The lowest BCUT2D eigenvalue weighted by atomic mass is 9.87. The first-order chi connectivity index (χ1) is 9.26. The topological polar surface area (TPSA) is 38.0 Å². The summed E-state index contributed by atoms with van der Waals surface area (Å²) in [5.74, 6) is 0.752. The molecule has 0 aliphatic heterocycles. The minimum absolute atomic E-state index is 0.445. The highest BCUT2D eigenvalue weighted by Crippen LogP contribution is 2.41. The van der Waals surface area contributed by atoms with Gasteiger partial charge in [0.15, 0.2) is 0 Å². The second-order valence-electron chi connectivity index (χ2n) is 6.03. The predicted octanol–water partition coefficient (Wildman–Crippen LogP) is 2.95. The summed E-state index contributed by atoms with van der Waals surface area (Å²) in [7, 11) is 0. The number of hydrogen-bond acceptors (Lipinski definition) is 2. The summed E-state index contributed by atoms with van der Waals surface area (Å²) in [6, 6.07) is 12.5. The summed E-state index contributed by atoms with van der Waals surface area (Å²) >= 11 is 0. The van der Waals surface area contributed by atoms with Crippen molar-refractivity contribution in [3.8, 4) is 0 Å². The molecule has 0 radical (unpaired) electrons. The van der Waals surface area contributed by atoms with Crippen LogP contribution < -0.4 is 11.1 Å². The van der Waals surface area contributed by atoms with Gasteiger partial charge < -0.3 is 11.1 Å². The molecule has 2 heteroatoms. The molecule has 0 aromatic heterocycles. The fourth-order valence-electron chi connectivity index (χ4n) is 3.12. The average Bonchev–Trinajstić information content (AvgIpc) is 3.15. The van der Waals surface area contributed by atoms with Crippen LogP contribution in [-0.4, -0.2) is 18.1 Å². The monoisotopic (exact) mass is 256 g/mol. The van der Waals surface area contributed by atoms with Crippen molar-refractivity contribution < 1.29 is 0 Å². The molecule has 1 aromatic carbocycles. The van der Waals surface area contributed by atoms with Crippen LogP contribution in [0.25, 0.3) is 6.08 Å². The molecular weight excluding hydrogens is 232 g/mol. The minimum Gasteiger partial charge on any atom is -0.328 e. The van der Waals surface area contributed by atoms with Gasteiger partial charge in [0.1, 0.15) is 0 Å². The van der Waals surface area contributed by atoms with E-state index >= 15 is 0 Å². The minimum atomic E-state index is 0.445. The van der Waals surface area contributed by atoms with Crippen LogP contribution in [0.2, 0.25) is 0 Å². The number of nitrogens with two attached hydrogens (primary N) is 1. The molecule has 3 N–H and O–H groups in total. The first kappa shape index (κ1) is 12.9. The first-order valence-electron chi connectivity index (χ1n) is 7.53. The SMILES string of the molecule is CC/C(=C\c1ccccc1)C1CC1NC1CC(N)C1. The molecule has 2 unspecified atom stereocenters. The third-order valence-electron chi connectivity index (χ3n) is 4.45. The van der Waals surface area contributed by atoms with Crippen LogP contribution in [0.5, 0.6) is 0 Å². The summed E-state index contributed by atoms with van der Waals surface area (Å²) in [5.41, 5.74) is 8.76. The van der Waals surface area contributed by atoms with Crippen LogP contribution in [0.15, 0.2) is 35.9 Å². The van der Waals surface area contributed by atoms with Crippen molar-refractivity contribution in [3.05, 3.63) is 41.5 Å². The van der Waals surface area contributed by atoms with Crippen molar-refractivity contribution in [1.29, 1.82) is 0 Å². The smallest absolute Gasteiger partial charge is 0.0142 e. The van der Waals surface area contributed by atoms with Crippen LogP contribution in [0.1, 0.15) is 38.2 Å². The van der Waals surface area contributed by atoms with E-state index in [1.54, 1.807) is 5.57 Å². The van der Waals surface area contributed by atoms with Gasteiger partial charge in [0.25, 0.3) is 0 Å². The molecule has 2 atom stereocenters. The molecule has 19 heavy (non-hydrogen) atoms. The summed E-state index contributed by atoms with van der Waals surface area (Å²) < 4.78 is 0. The Kier molecular flexibility index (Phi) is 3.72. The Morgan fingerprint density at radius 3 is 2.63 bits per heavy atom. The summed E-state index contributed by atoms with van der Waals surface area (Å²) in [6.07, 6.45) is 7.15. The fraction of sp³-hybridized carbons (Fsp3) is 0.529. The molecule has 102 valence electrons. The first-order valence-corrected chi connectivity index (χ1v) is 7.53. The Hall–Kier alpha value is -1.12. The van der Waals surface area contributed by atoms with Crippen molar-refractivity contribution in [2.45, 2.75) is 50.7 Å². The van der Waals surface area contributed by atoms with Crippen LogP contribution in [0, 0.1) is 5.92 Å². The van der Waals surface area contributed by atoms with Crippen LogP contribution >= 0.6 is 0 Å².